The number of hydrogen-bond donors (Lipinski definition) is 1. The molecule has 0 amide bonds. The molecule has 2 heterocycles. The highest BCUT2D eigenvalue weighted by Gasteiger charge is 2.10. The summed E-state index contributed by atoms with van der Waals surface area (Å²) in [5.74, 6) is 1.55. The standard InChI is InChI=1S/C13H17N3O2/c1-9-12(8-17)6-14-13(15-9)16(3)7-11-4-5-18-10(11)2/h4-6,17H,7-8H2,1-3H3. The molecule has 0 saturated carbocycles. The van der Waals surface area contributed by atoms with E-state index in [1.165, 1.54) is 0 Å². The van der Waals surface area contributed by atoms with E-state index >= 15 is 0 Å². The molecule has 1 N–H and O–H groups in total. The molecular weight excluding hydrogens is 230 g/mol. The first kappa shape index (κ1) is 12.6. The summed E-state index contributed by atoms with van der Waals surface area (Å²) in [5, 5.41) is 9.09. The van der Waals surface area contributed by atoms with Crippen molar-refractivity contribution in [1.29, 1.82) is 0 Å². The van der Waals surface area contributed by atoms with E-state index in [9.17, 15) is 0 Å². The first-order chi connectivity index (χ1) is 8.61. The van der Waals surface area contributed by atoms with Gasteiger partial charge in [-0.25, -0.2) is 9.97 Å². The van der Waals surface area contributed by atoms with Crippen LogP contribution in [0.1, 0.15) is 22.6 Å². The number of nitrogens with zero attached hydrogens (tertiary/aromatic N) is 3. The molecule has 0 aliphatic heterocycles. The lowest BCUT2D eigenvalue weighted by Crippen LogP contribution is -2.20. The SMILES string of the molecule is Cc1nc(N(C)Cc2ccoc2C)ncc1CO. The zero-order valence-corrected chi connectivity index (χ0v) is 10.8. The number of hydrogen-bond acceptors (Lipinski definition) is 5. The van der Waals surface area contributed by atoms with Crippen LogP contribution in [0.25, 0.3) is 0 Å². The molecule has 0 aliphatic carbocycles. The fourth-order valence-corrected chi connectivity index (χ4v) is 1.72. The number of anilines is 1. The van der Waals surface area contributed by atoms with Gasteiger partial charge in [0.2, 0.25) is 5.95 Å². The van der Waals surface area contributed by atoms with Gasteiger partial charge in [0.05, 0.1) is 12.9 Å². The van der Waals surface area contributed by atoms with Gasteiger partial charge in [0.1, 0.15) is 5.76 Å². The second kappa shape index (κ2) is 5.18. The molecule has 2 aromatic rings. The summed E-state index contributed by atoms with van der Waals surface area (Å²) < 4.78 is 5.26. The van der Waals surface area contributed by atoms with Gasteiger partial charge in [-0.1, -0.05) is 0 Å². The van der Waals surface area contributed by atoms with Gasteiger partial charge in [0.15, 0.2) is 0 Å². The number of furan rings is 1. The van der Waals surface area contributed by atoms with E-state index in [1.807, 2.05) is 31.9 Å². The van der Waals surface area contributed by atoms with Gasteiger partial charge in [-0.15, -0.1) is 0 Å². The van der Waals surface area contributed by atoms with Crippen molar-refractivity contribution in [3.05, 3.63) is 41.1 Å². The minimum atomic E-state index is -0.0311. The molecule has 0 unspecified atom stereocenters. The van der Waals surface area contributed by atoms with E-state index in [0.717, 1.165) is 22.6 Å². The monoisotopic (exact) mass is 247 g/mol. The lowest BCUT2D eigenvalue weighted by atomic mass is 10.2. The molecule has 2 aromatic heterocycles. The van der Waals surface area contributed by atoms with Crippen LogP contribution >= 0.6 is 0 Å². The third-order valence-electron chi connectivity index (χ3n) is 2.95. The van der Waals surface area contributed by atoms with Crippen LogP contribution in [0.5, 0.6) is 0 Å². The second-order valence-electron chi connectivity index (χ2n) is 4.30. The molecule has 0 atom stereocenters. The highest BCUT2D eigenvalue weighted by molar-refractivity contribution is 5.33. The molecule has 0 aliphatic rings. The van der Waals surface area contributed by atoms with E-state index in [0.29, 0.717) is 12.5 Å². The highest BCUT2D eigenvalue weighted by Crippen LogP contribution is 2.15. The van der Waals surface area contributed by atoms with Gasteiger partial charge >= 0.3 is 0 Å². The first-order valence-corrected chi connectivity index (χ1v) is 5.79. The Kier molecular flexibility index (Phi) is 3.62. The molecule has 5 nitrogen and oxygen atoms in total. The van der Waals surface area contributed by atoms with Gasteiger partial charge in [-0.3, -0.25) is 0 Å². The Bertz CT molecular complexity index is 537. The molecule has 96 valence electrons. The zero-order valence-electron chi connectivity index (χ0n) is 10.8. The van der Waals surface area contributed by atoms with Gasteiger partial charge in [-0.2, -0.15) is 0 Å². The van der Waals surface area contributed by atoms with E-state index in [2.05, 4.69) is 9.97 Å². The van der Waals surface area contributed by atoms with E-state index < -0.39 is 0 Å². The average molecular weight is 247 g/mol. The van der Waals surface area contributed by atoms with E-state index in [-0.39, 0.29) is 6.61 Å². The van der Waals surface area contributed by atoms with Crippen molar-refractivity contribution < 1.29 is 9.52 Å². The summed E-state index contributed by atoms with van der Waals surface area (Å²) >= 11 is 0. The van der Waals surface area contributed by atoms with Crippen LogP contribution in [-0.4, -0.2) is 22.1 Å². The fraction of sp³-hybridized carbons (Fsp3) is 0.385. The van der Waals surface area contributed by atoms with Crippen LogP contribution in [0.15, 0.2) is 22.9 Å². The summed E-state index contributed by atoms with van der Waals surface area (Å²) in [6.45, 7) is 4.47. The maximum Gasteiger partial charge on any atom is 0.225 e. The Morgan fingerprint density at radius 3 is 2.67 bits per heavy atom. The summed E-state index contributed by atoms with van der Waals surface area (Å²) in [7, 11) is 1.93. The minimum absolute atomic E-state index is 0.0311. The smallest absolute Gasteiger partial charge is 0.225 e. The molecule has 0 radical (unpaired) electrons. The van der Waals surface area contributed by atoms with Gasteiger partial charge in [-0.05, 0) is 19.9 Å². The molecule has 0 saturated heterocycles. The number of aliphatic hydroxyl groups excluding tert-OH is 1. The number of rotatable bonds is 4. The quantitative estimate of drug-likeness (QED) is 0.892. The van der Waals surface area contributed by atoms with Crippen LogP contribution in [0.3, 0.4) is 0 Å². The molecule has 0 aromatic carbocycles. The van der Waals surface area contributed by atoms with Crippen LogP contribution in [-0.2, 0) is 13.2 Å². The zero-order chi connectivity index (χ0) is 13.1. The highest BCUT2D eigenvalue weighted by atomic mass is 16.3. The van der Waals surface area contributed by atoms with Crippen LogP contribution < -0.4 is 4.90 Å². The lowest BCUT2D eigenvalue weighted by Gasteiger charge is -2.17. The Morgan fingerprint density at radius 2 is 2.11 bits per heavy atom. The minimum Gasteiger partial charge on any atom is -0.469 e. The summed E-state index contributed by atoms with van der Waals surface area (Å²) in [4.78, 5) is 10.6. The van der Waals surface area contributed by atoms with Crippen molar-refractivity contribution in [3.8, 4) is 0 Å². The molecule has 5 heteroatoms. The van der Waals surface area contributed by atoms with Crippen molar-refractivity contribution in [2.24, 2.45) is 0 Å². The van der Waals surface area contributed by atoms with E-state index in [4.69, 9.17) is 9.52 Å². The molecule has 18 heavy (non-hydrogen) atoms. The predicted molar refractivity (Wildman–Crippen MR) is 68.2 cm³/mol. The lowest BCUT2D eigenvalue weighted by molar-refractivity contribution is 0.280. The Balaban J connectivity index is 2.16. The maximum absolute atomic E-state index is 9.09. The van der Waals surface area contributed by atoms with E-state index in [1.54, 1.807) is 12.5 Å². The van der Waals surface area contributed by atoms with Crippen LogP contribution in [0.2, 0.25) is 0 Å². The molecule has 0 fully saturated rings. The van der Waals surface area contributed by atoms with Gasteiger partial charge in [0.25, 0.3) is 0 Å². The Hall–Kier alpha value is -1.88. The molecule has 0 spiro atoms. The van der Waals surface area contributed by atoms with Gasteiger partial charge < -0.3 is 14.4 Å². The normalized spacial score (nSPS) is 10.7. The molecule has 0 bridgehead atoms. The fourth-order valence-electron chi connectivity index (χ4n) is 1.72. The predicted octanol–water partition coefficient (Wildman–Crippen LogP) is 1.82. The second-order valence-corrected chi connectivity index (χ2v) is 4.30. The third-order valence-corrected chi connectivity index (χ3v) is 2.95. The first-order valence-electron chi connectivity index (χ1n) is 5.79. The van der Waals surface area contributed by atoms with Crippen molar-refractivity contribution in [1.82, 2.24) is 9.97 Å². The van der Waals surface area contributed by atoms with Crippen molar-refractivity contribution in [2.45, 2.75) is 27.0 Å². The Morgan fingerprint density at radius 1 is 1.33 bits per heavy atom. The maximum atomic E-state index is 9.09. The van der Waals surface area contributed by atoms with Crippen LogP contribution in [0, 0.1) is 13.8 Å². The average Bonchev–Trinajstić information content (AvgIpc) is 2.75. The molecular formula is C13H17N3O2. The topological polar surface area (TPSA) is 62.4 Å². The number of aliphatic hydroxyl groups is 1. The third kappa shape index (κ3) is 2.51. The Labute approximate surface area is 106 Å². The molecule has 2 rings (SSSR count). The van der Waals surface area contributed by atoms with Crippen molar-refractivity contribution in [3.63, 3.8) is 0 Å². The van der Waals surface area contributed by atoms with Crippen molar-refractivity contribution in [2.75, 3.05) is 11.9 Å². The summed E-state index contributed by atoms with van der Waals surface area (Å²) in [5.41, 5.74) is 2.68. The van der Waals surface area contributed by atoms with Crippen LogP contribution in [0.4, 0.5) is 5.95 Å². The largest absolute Gasteiger partial charge is 0.469 e. The number of aromatic nitrogens is 2. The van der Waals surface area contributed by atoms with Gasteiger partial charge in [0, 0.05) is 36.6 Å². The summed E-state index contributed by atoms with van der Waals surface area (Å²) in [6.07, 6.45) is 3.34. The number of aryl methyl sites for hydroxylation is 2. The summed E-state index contributed by atoms with van der Waals surface area (Å²) in [6, 6.07) is 1.95. The van der Waals surface area contributed by atoms with Crippen molar-refractivity contribution >= 4 is 5.95 Å².